The van der Waals surface area contributed by atoms with Crippen molar-refractivity contribution in [2.24, 2.45) is 0 Å². The van der Waals surface area contributed by atoms with Gasteiger partial charge in [-0.2, -0.15) is 0 Å². The van der Waals surface area contributed by atoms with Crippen LogP contribution in [-0.4, -0.2) is 54.3 Å². The number of piperidine rings is 1. The minimum Gasteiger partial charge on any atom is -0.387 e. The Hall–Kier alpha value is -0.260. The molecule has 0 aliphatic carbocycles. The van der Waals surface area contributed by atoms with Crippen molar-refractivity contribution in [3.05, 3.63) is 0 Å². The summed E-state index contributed by atoms with van der Waals surface area (Å²) in [6.07, 6.45) is -1.35. The molecule has 0 radical (unpaired) electrons. The summed E-state index contributed by atoms with van der Waals surface area (Å²) in [5.41, 5.74) is 0. The molecule has 1 saturated heterocycles. The summed E-state index contributed by atoms with van der Waals surface area (Å²) in [5, 5.41) is 12.1. The Bertz CT molecular complexity index is 163. The molecule has 1 atom stereocenters. The molecule has 0 saturated carbocycles. The van der Waals surface area contributed by atoms with Crippen LogP contribution in [0.15, 0.2) is 0 Å². The normalized spacial score (nSPS) is 31.0. The van der Waals surface area contributed by atoms with Crippen LogP contribution >= 0.6 is 0 Å². The highest BCUT2D eigenvalue weighted by Gasteiger charge is 2.44. The predicted molar refractivity (Wildman–Crippen MR) is 40.8 cm³/mol. The van der Waals surface area contributed by atoms with Gasteiger partial charge in [0.2, 0.25) is 0 Å². The highest BCUT2D eigenvalue weighted by atomic mass is 19.3. The van der Waals surface area contributed by atoms with E-state index in [-0.39, 0.29) is 13.0 Å². The first-order valence-corrected chi connectivity index (χ1v) is 3.91. The molecule has 0 bridgehead atoms. The van der Waals surface area contributed by atoms with Gasteiger partial charge in [-0.05, 0) is 6.42 Å². The van der Waals surface area contributed by atoms with Crippen LogP contribution in [0.4, 0.5) is 8.78 Å². The van der Waals surface area contributed by atoms with E-state index in [1.807, 2.05) is 0 Å². The number of nitrogens with zero attached hydrogens (tertiary/aromatic N) is 2. The first-order chi connectivity index (χ1) is 5.43. The average molecular weight is 180 g/mol. The highest BCUT2D eigenvalue weighted by molar-refractivity contribution is 4.84. The van der Waals surface area contributed by atoms with Crippen molar-refractivity contribution >= 4 is 0 Å². The summed E-state index contributed by atoms with van der Waals surface area (Å²) in [5.74, 6) is -2.97. The third-order valence-electron chi connectivity index (χ3n) is 2.11. The predicted octanol–water partition coefficient (Wildman–Crippen LogP) is 0.165. The smallest absolute Gasteiger partial charge is 0.287 e. The maximum Gasteiger partial charge on any atom is 0.287 e. The Labute approximate surface area is 70.5 Å². The highest BCUT2D eigenvalue weighted by Crippen LogP contribution is 2.27. The first kappa shape index (κ1) is 9.83. The van der Waals surface area contributed by atoms with Crippen molar-refractivity contribution < 1.29 is 13.9 Å². The van der Waals surface area contributed by atoms with Gasteiger partial charge in [-0.3, -0.25) is 0 Å². The van der Waals surface area contributed by atoms with Crippen molar-refractivity contribution in [3.63, 3.8) is 0 Å². The van der Waals surface area contributed by atoms with Gasteiger partial charge < -0.3 is 5.11 Å². The fourth-order valence-electron chi connectivity index (χ4n) is 1.25. The fraction of sp³-hybridized carbons (Fsp3) is 1.00. The summed E-state index contributed by atoms with van der Waals surface area (Å²) in [6.45, 7) is 0.102. The second kappa shape index (κ2) is 3.24. The van der Waals surface area contributed by atoms with Gasteiger partial charge in [-0.15, -0.1) is 0 Å². The molecule has 1 rings (SSSR count). The standard InChI is InChI=1S/C7H14F2N2O/c1-10(2)11-4-3-6(12)7(8,9)5-11/h6,12H,3-5H2,1-2H3. The van der Waals surface area contributed by atoms with Crippen molar-refractivity contribution in [1.29, 1.82) is 0 Å². The van der Waals surface area contributed by atoms with Crippen LogP contribution in [0.1, 0.15) is 6.42 Å². The zero-order valence-corrected chi connectivity index (χ0v) is 7.30. The number of hydrogen-bond acceptors (Lipinski definition) is 3. The number of aliphatic hydroxyl groups excluding tert-OH is 1. The molecule has 5 heteroatoms. The second-order valence-electron chi connectivity index (χ2n) is 3.30. The van der Waals surface area contributed by atoms with E-state index in [1.54, 1.807) is 19.1 Å². The van der Waals surface area contributed by atoms with E-state index in [2.05, 4.69) is 0 Å². The summed E-state index contributed by atoms with van der Waals surface area (Å²) >= 11 is 0. The molecule has 1 unspecified atom stereocenters. The molecule has 1 fully saturated rings. The molecule has 0 aromatic carbocycles. The van der Waals surface area contributed by atoms with Crippen LogP contribution < -0.4 is 0 Å². The van der Waals surface area contributed by atoms with Crippen molar-refractivity contribution in [2.45, 2.75) is 18.4 Å². The topological polar surface area (TPSA) is 26.7 Å². The molecular formula is C7H14F2N2O. The van der Waals surface area contributed by atoms with Crippen LogP contribution in [0.3, 0.4) is 0 Å². The van der Waals surface area contributed by atoms with Crippen LogP contribution in [-0.2, 0) is 0 Å². The summed E-state index contributed by atoms with van der Waals surface area (Å²) in [7, 11) is 3.43. The Kier molecular flexibility index (Phi) is 2.65. The lowest BCUT2D eigenvalue weighted by Gasteiger charge is -2.38. The maximum absolute atomic E-state index is 12.9. The van der Waals surface area contributed by atoms with E-state index in [4.69, 9.17) is 5.11 Å². The third kappa shape index (κ3) is 1.91. The fourth-order valence-corrected chi connectivity index (χ4v) is 1.25. The lowest BCUT2D eigenvalue weighted by Crippen LogP contribution is -2.55. The van der Waals surface area contributed by atoms with Gasteiger partial charge in [0.05, 0.1) is 6.54 Å². The number of hydrazine groups is 1. The molecule has 1 aliphatic rings. The molecule has 0 amide bonds. The van der Waals surface area contributed by atoms with Crippen molar-refractivity contribution in [2.75, 3.05) is 27.2 Å². The molecule has 0 spiro atoms. The molecule has 1 N–H and O–H groups in total. The van der Waals surface area contributed by atoms with E-state index < -0.39 is 12.0 Å². The van der Waals surface area contributed by atoms with Crippen LogP contribution in [0.5, 0.6) is 0 Å². The maximum atomic E-state index is 12.9. The molecule has 0 aromatic heterocycles. The Morgan fingerprint density at radius 2 is 2.08 bits per heavy atom. The van der Waals surface area contributed by atoms with Crippen LogP contribution in [0.2, 0.25) is 0 Å². The molecule has 1 heterocycles. The zero-order chi connectivity index (χ0) is 9.35. The summed E-state index contributed by atoms with van der Waals surface area (Å²) in [6, 6.07) is 0. The lowest BCUT2D eigenvalue weighted by atomic mass is 10.1. The Morgan fingerprint density at radius 1 is 1.50 bits per heavy atom. The molecular weight excluding hydrogens is 166 g/mol. The van der Waals surface area contributed by atoms with Gasteiger partial charge in [0.25, 0.3) is 5.92 Å². The number of halogens is 2. The molecule has 12 heavy (non-hydrogen) atoms. The minimum atomic E-state index is -2.97. The van der Waals surface area contributed by atoms with E-state index >= 15 is 0 Å². The average Bonchev–Trinajstić information content (AvgIpc) is 1.94. The Balaban J connectivity index is 2.57. The summed E-state index contributed by atoms with van der Waals surface area (Å²) in [4.78, 5) is 0. The Morgan fingerprint density at radius 3 is 2.50 bits per heavy atom. The second-order valence-corrected chi connectivity index (χ2v) is 3.30. The van der Waals surface area contributed by atoms with Gasteiger partial charge in [0, 0.05) is 20.6 Å². The van der Waals surface area contributed by atoms with E-state index in [1.165, 1.54) is 5.01 Å². The minimum absolute atomic E-state index is 0.130. The zero-order valence-electron chi connectivity index (χ0n) is 7.30. The van der Waals surface area contributed by atoms with Gasteiger partial charge in [0.1, 0.15) is 6.10 Å². The molecule has 0 aromatic rings. The van der Waals surface area contributed by atoms with Crippen LogP contribution in [0.25, 0.3) is 0 Å². The first-order valence-electron chi connectivity index (χ1n) is 3.91. The van der Waals surface area contributed by atoms with Gasteiger partial charge >= 0.3 is 0 Å². The van der Waals surface area contributed by atoms with Gasteiger partial charge in [-0.1, -0.05) is 0 Å². The number of aliphatic hydroxyl groups is 1. The van der Waals surface area contributed by atoms with Crippen molar-refractivity contribution in [1.82, 2.24) is 10.0 Å². The van der Waals surface area contributed by atoms with Gasteiger partial charge in [-0.25, -0.2) is 18.8 Å². The largest absolute Gasteiger partial charge is 0.387 e. The number of rotatable bonds is 1. The summed E-state index contributed by atoms with van der Waals surface area (Å²) < 4.78 is 25.8. The molecule has 1 aliphatic heterocycles. The van der Waals surface area contributed by atoms with E-state index in [0.717, 1.165) is 0 Å². The number of alkyl halides is 2. The van der Waals surface area contributed by atoms with Crippen molar-refractivity contribution in [3.8, 4) is 0 Å². The van der Waals surface area contributed by atoms with E-state index in [0.29, 0.717) is 6.54 Å². The molecule has 72 valence electrons. The third-order valence-corrected chi connectivity index (χ3v) is 2.11. The lowest BCUT2D eigenvalue weighted by molar-refractivity contribution is -0.183. The SMILES string of the molecule is CN(C)N1CCC(O)C(F)(F)C1. The molecule has 3 nitrogen and oxygen atoms in total. The monoisotopic (exact) mass is 180 g/mol. The quantitative estimate of drug-likeness (QED) is 0.623. The van der Waals surface area contributed by atoms with E-state index in [9.17, 15) is 8.78 Å². The van der Waals surface area contributed by atoms with Gasteiger partial charge in [0.15, 0.2) is 0 Å². The van der Waals surface area contributed by atoms with Crippen LogP contribution in [0, 0.1) is 0 Å². The number of hydrogen-bond donors (Lipinski definition) is 1.